The third kappa shape index (κ3) is 5.91. The number of carbonyl (C=O) groups excluding carboxylic acids is 1. The number of nitrogens with one attached hydrogen (secondary N) is 2. The van der Waals surface area contributed by atoms with Crippen molar-refractivity contribution in [3.8, 4) is 16.3 Å². The number of hydrogen-bond acceptors (Lipinski definition) is 6. The lowest BCUT2D eigenvalue weighted by Crippen LogP contribution is -2.18. The maximum atomic E-state index is 12.6. The first kappa shape index (κ1) is 25.6. The number of benzene rings is 3. The zero-order valence-electron chi connectivity index (χ0n) is 19.7. The minimum Gasteiger partial charge on any atom is -0.280 e. The van der Waals surface area contributed by atoms with Gasteiger partial charge in [-0.1, -0.05) is 40.2 Å². The number of nitrogens with zero attached hydrogens (tertiary/aromatic N) is 3. The molecule has 3 aromatic carbocycles. The van der Waals surface area contributed by atoms with Crippen molar-refractivity contribution < 1.29 is 13.2 Å². The second-order valence-electron chi connectivity index (χ2n) is 8.03. The highest BCUT2D eigenvalue weighted by atomic mass is 79.9. The molecule has 0 bridgehead atoms. The number of hydrazone groups is 1. The van der Waals surface area contributed by atoms with Gasteiger partial charge in [0.05, 0.1) is 21.7 Å². The summed E-state index contributed by atoms with van der Waals surface area (Å²) >= 11 is 4.85. The van der Waals surface area contributed by atoms with Gasteiger partial charge < -0.3 is 0 Å². The van der Waals surface area contributed by atoms with Crippen molar-refractivity contribution in [3.63, 3.8) is 0 Å². The Morgan fingerprint density at radius 1 is 0.947 bits per heavy atom. The quantitative estimate of drug-likeness (QED) is 0.169. The molecule has 2 heterocycles. The summed E-state index contributed by atoms with van der Waals surface area (Å²) in [6.07, 6.45) is 3.41. The van der Waals surface area contributed by atoms with Gasteiger partial charge >= 0.3 is 0 Å². The molecule has 2 N–H and O–H groups in total. The summed E-state index contributed by atoms with van der Waals surface area (Å²) in [6.45, 7) is 0. The number of aromatic nitrogens is 2. The van der Waals surface area contributed by atoms with Crippen LogP contribution in [0.1, 0.15) is 15.9 Å². The number of halogens is 1. The molecule has 190 valence electrons. The van der Waals surface area contributed by atoms with Crippen molar-refractivity contribution in [3.05, 3.63) is 118 Å². The molecule has 0 saturated carbocycles. The van der Waals surface area contributed by atoms with E-state index < -0.39 is 15.9 Å². The lowest BCUT2D eigenvalue weighted by molar-refractivity contribution is 0.0955. The summed E-state index contributed by atoms with van der Waals surface area (Å²) in [6, 6.07) is 26.0. The Kier molecular flexibility index (Phi) is 7.50. The number of anilines is 1. The van der Waals surface area contributed by atoms with Crippen LogP contribution in [-0.4, -0.2) is 30.3 Å². The van der Waals surface area contributed by atoms with Crippen LogP contribution in [0, 0.1) is 0 Å². The maximum Gasteiger partial charge on any atom is 0.271 e. The van der Waals surface area contributed by atoms with Crippen molar-refractivity contribution in [2.24, 2.45) is 5.10 Å². The molecular formula is C27H20BrN5O3S2. The average molecular weight is 607 g/mol. The first-order valence-corrected chi connectivity index (χ1v) is 14.5. The van der Waals surface area contributed by atoms with E-state index in [4.69, 9.17) is 5.10 Å². The van der Waals surface area contributed by atoms with Crippen LogP contribution in [0.25, 0.3) is 16.3 Å². The fourth-order valence-electron chi connectivity index (χ4n) is 3.54. The van der Waals surface area contributed by atoms with Crippen molar-refractivity contribution in [1.82, 2.24) is 15.2 Å². The average Bonchev–Trinajstić information content (AvgIpc) is 3.60. The van der Waals surface area contributed by atoms with Crippen molar-refractivity contribution in [1.29, 1.82) is 0 Å². The molecule has 0 saturated heterocycles. The van der Waals surface area contributed by atoms with Crippen molar-refractivity contribution in [2.75, 3.05) is 4.72 Å². The third-order valence-electron chi connectivity index (χ3n) is 5.41. The van der Waals surface area contributed by atoms with Gasteiger partial charge in [-0.15, -0.1) is 11.3 Å². The second kappa shape index (κ2) is 11.1. The van der Waals surface area contributed by atoms with Crippen LogP contribution in [0.15, 0.2) is 117 Å². The zero-order valence-corrected chi connectivity index (χ0v) is 22.9. The highest BCUT2D eigenvalue weighted by Crippen LogP contribution is 2.27. The van der Waals surface area contributed by atoms with Gasteiger partial charge in [0.25, 0.3) is 15.9 Å². The topological polar surface area (TPSA) is 105 Å². The van der Waals surface area contributed by atoms with Crippen LogP contribution in [0.2, 0.25) is 0 Å². The highest BCUT2D eigenvalue weighted by molar-refractivity contribution is 9.10. The molecular weight excluding hydrogens is 586 g/mol. The van der Waals surface area contributed by atoms with Crippen LogP contribution < -0.4 is 10.1 Å². The number of amides is 1. The van der Waals surface area contributed by atoms with Crippen LogP contribution in [0.3, 0.4) is 0 Å². The molecule has 0 spiro atoms. The SMILES string of the molecule is O=C(N/N=C/c1cn(-c2ccccc2)nc1-c1cccs1)c1ccc(NS(=O)(=O)c2ccc(Br)cc2)cc1. The summed E-state index contributed by atoms with van der Waals surface area (Å²) in [5.41, 5.74) is 5.59. The standard InChI is InChI=1S/C27H20BrN5O3S2/c28-21-10-14-24(15-11-21)38(35,36)32-22-12-8-19(9-13-22)27(34)30-29-17-20-18-33(23-5-2-1-3-6-23)31-26(20)25-7-4-16-37-25/h1-18,32H,(H,30,34)/b29-17+. The van der Waals surface area contributed by atoms with Crippen LogP contribution >= 0.6 is 27.3 Å². The largest absolute Gasteiger partial charge is 0.280 e. The summed E-state index contributed by atoms with van der Waals surface area (Å²) < 4.78 is 30.2. The van der Waals surface area contributed by atoms with Gasteiger partial charge in [0.2, 0.25) is 0 Å². The molecule has 1 amide bonds. The normalized spacial score (nSPS) is 11.5. The van der Waals surface area contributed by atoms with E-state index in [1.54, 1.807) is 34.4 Å². The fourth-order valence-corrected chi connectivity index (χ4v) is 5.60. The van der Waals surface area contributed by atoms with Crippen LogP contribution in [0.5, 0.6) is 0 Å². The van der Waals surface area contributed by atoms with Crippen LogP contribution in [0.4, 0.5) is 5.69 Å². The molecule has 11 heteroatoms. The molecule has 2 aromatic heterocycles. The van der Waals surface area contributed by atoms with E-state index in [2.05, 4.69) is 31.2 Å². The Labute approximate surface area is 231 Å². The lowest BCUT2D eigenvalue weighted by atomic mass is 10.2. The number of hydrogen-bond donors (Lipinski definition) is 2. The van der Waals surface area contributed by atoms with Gasteiger partial charge in [0, 0.05) is 27.5 Å². The molecule has 38 heavy (non-hydrogen) atoms. The molecule has 8 nitrogen and oxygen atoms in total. The molecule has 5 rings (SSSR count). The summed E-state index contributed by atoms with van der Waals surface area (Å²) in [7, 11) is -3.75. The van der Waals surface area contributed by atoms with Gasteiger partial charge in [0.15, 0.2) is 0 Å². The van der Waals surface area contributed by atoms with Crippen molar-refractivity contribution >= 4 is 55.1 Å². The summed E-state index contributed by atoms with van der Waals surface area (Å²) in [5, 5.41) is 10.8. The number of carbonyl (C=O) groups is 1. The lowest BCUT2D eigenvalue weighted by Gasteiger charge is -2.09. The molecule has 0 aliphatic carbocycles. The van der Waals surface area contributed by atoms with Gasteiger partial charge in [-0.3, -0.25) is 9.52 Å². The van der Waals surface area contributed by atoms with E-state index in [1.807, 2.05) is 54.0 Å². The number of thiophene rings is 1. The number of rotatable bonds is 8. The third-order valence-corrected chi connectivity index (χ3v) is 8.21. The zero-order chi connectivity index (χ0) is 26.5. The Balaban J connectivity index is 1.28. The summed E-state index contributed by atoms with van der Waals surface area (Å²) in [5.74, 6) is -0.434. The molecule has 0 aliphatic rings. The Bertz CT molecular complexity index is 1680. The smallest absolute Gasteiger partial charge is 0.271 e. The van der Waals surface area contributed by atoms with E-state index >= 15 is 0 Å². The minimum atomic E-state index is -3.75. The Morgan fingerprint density at radius 3 is 2.37 bits per heavy atom. The molecule has 0 atom stereocenters. The highest BCUT2D eigenvalue weighted by Gasteiger charge is 2.15. The molecule has 0 unspecified atom stereocenters. The molecule has 0 fully saturated rings. The van der Waals surface area contributed by atoms with Crippen LogP contribution in [-0.2, 0) is 10.0 Å². The van der Waals surface area contributed by atoms with E-state index in [-0.39, 0.29) is 4.90 Å². The Hall–Kier alpha value is -4.06. The van der Waals surface area contributed by atoms with Gasteiger partial charge in [-0.05, 0) is 72.1 Å². The predicted molar refractivity (Wildman–Crippen MR) is 153 cm³/mol. The molecule has 5 aromatic rings. The molecule has 0 radical (unpaired) electrons. The Morgan fingerprint density at radius 2 is 1.68 bits per heavy atom. The number of sulfonamides is 1. The van der Waals surface area contributed by atoms with E-state index in [9.17, 15) is 13.2 Å². The van der Waals surface area contributed by atoms with Crippen molar-refractivity contribution in [2.45, 2.75) is 4.90 Å². The van der Waals surface area contributed by atoms with E-state index in [1.165, 1.54) is 36.4 Å². The van der Waals surface area contributed by atoms with Gasteiger partial charge in [-0.2, -0.15) is 10.2 Å². The maximum absolute atomic E-state index is 12.6. The minimum absolute atomic E-state index is 0.134. The van der Waals surface area contributed by atoms with E-state index in [0.717, 1.165) is 26.3 Å². The van der Waals surface area contributed by atoms with E-state index in [0.29, 0.717) is 11.3 Å². The van der Waals surface area contributed by atoms with Gasteiger partial charge in [-0.25, -0.2) is 18.5 Å². The second-order valence-corrected chi connectivity index (χ2v) is 11.6. The molecule has 0 aliphatic heterocycles. The summed E-state index contributed by atoms with van der Waals surface area (Å²) in [4.78, 5) is 13.8. The number of para-hydroxylation sites is 1. The van der Waals surface area contributed by atoms with Gasteiger partial charge in [0.1, 0.15) is 5.69 Å². The fraction of sp³-hybridized carbons (Fsp3) is 0. The first-order chi connectivity index (χ1) is 18.4. The monoisotopic (exact) mass is 605 g/mol. The first-order valence-electron chi connectivity index (χ1n) is 11.3. The predicted octanol–water partition coefficient (Wildman–Crippen LogP) is 5.93.